The van der Waals surface area contributed by atoms with Crippen LogP contribution in [0, 0.1) is 5.92 Å². The van der Waals surface area contributed by atoms with E-state index in [1.54, 1.807) is 13.8 Å². The van der Waals surface area contributed by atoms with E-state index in [1.807, 2.05) is 27.7 Å². The van der Waals surface area contributed by atoms with Crippen LogP contribution < -0.4 is 0 Å². The molecule has 0 bridgehead atoms. The number of ether oxygens (including phenoxy) is 4. The van der Waals surface area contributed by atoms with E-state index in [4.69, 9.17) is 32.5 Å². The average Bonchev–Trinajstić information content (AvgIpc) is 2.96. The third-order valence-corrected chi connectivity index (χ3v) is 7.09. The van der Waals surface area contributed by atoms with Gasteiger partial charge in [0.25, 0.3) is 0 Å². The van der Waals surface area contributed by atoms with Gasteiger partial charge in [-0.25, -0.2) is 0 Å². The van der Waals surface area contributed by atoms with Gasteiger partial charge < -0.3 is 0 Å². The summed E-state index contributed by atoms with van der Waals surface area (Å²) in [6.07, 6.45) is -4.85. The SMILES string of the molecule is CO[PH](O)(OC[C@H]1O[C@@H](C)C(O)C1OC(C)C)OC1[C@@H](COC(C)C)COC(C)[C@H]1O. The molecule has 8 atom stereocenters. The van der Waals surface area contributed by atoms with Crippen LogP contribution in [0.5, 0.6) is 0 Å². The summed E-state index contributed by atoms with van der Waals surface area (Å²) in [6.45, 7) is 11.5. The van der Waals surface area contributed by atoms with Crippen LogP contribution in [0.2, 0.25) is 0 Å². The van der Waals surface area contributed by atoms with Gasteiger partial charge in [0.2, 0.25) is 0 Å². The monoisotopic (exact) mass is 472 g/mol. The van der Waals surface area contributed by atoms with Gasteiger partial charge in [0, 0.05) is 0 Å². The number of hydrogen-bond acceptors (Lipinski definition) is 10. The Bertz CT molecular complexity index is 538. The molecule has 2 rings (SSSR count). The van der Waals surface area contributed by atoms with Gasteiger partial charge in [-0.1, -0.05) is 0 Å². The zero-order chi connectivity index (χ0) is 23.3. The molecule has 2 fully saturated rings. The van der Waals surface area contributed by atoms with Crippen molar-refractivity contribution in [2.75, 3.05) is 26.9 Å². The second kappa shape index (κ2) is 11.9. The molecule has 2 aliphatic rings. The summed E-state index contributed by atoms with van der Waals surface area (Å²) in [6, 6.07) is 0. The van der Waals surface area contributed by atoms with Crippen molar-refractivity contribution in [1.29, 1.82) is 0 Å². The summed E-state index contributed by atoms with van der Waals surface area (Å²) in [5.41, 5.74) is 0. The Balaban J connectivity index is 2.05. The molecule has 0 aromatic carbocycles. The maximum absolute atomic E-state index is 11.0. The molecule has 0 spiro atoms. The molecule has 0 radical (unpaired) electrons. The van der Waals surface area contributed by atoms with Crippen LogP contribution >= 0.6 is 8.17 Å². The van der Waals surface area contributed by atoms with E-state index >= 15 is 0 Å². The molecular formula is C20H41O10P. The molecule has 0 aromatic rings. The number of hydrogen-bond donors (Lipinski definition) is 3. The van der Waals surface area contributed by atoms with Crippen molar-refractivity contribution in [2.24, 2.45) is 5.92 Å². The molecule has 4 unspecified atom stereocenters. The quantitative estimate of drug-likeness (QED) is 0.378. The zero-order valence-electron chi connectivity index (χ0n) is 19.6. The number of rotatable bonds is 11. The molecule has 31 heavy (non-hydrogen) atoms. The van der Waals surface area contributed by atoms with E-state index in [1.165, 1.54) is 7.11 Å². The molecule has 10 nitrogen and oxygen atoms in total. The van der Waals surface area contributed by atoms with Gasteiger partial charge in [-0.05, 0) is 0 Å². The van der Waals surface area contributed by atoms with E-state index in [-0.39, 0.29) is 24.7 Å². The average molecular weight is 473 g/mol. The Kier molecular flexibility index (Phi) is 10.5. The zero-order valence-corrected chi connectivity index (χ0v) is 20.6. The van der Waals surface area contributed by atoms with Crippen molar-refractivity contribution in [1.82, 2.24) is 0 Å². The van der Waals surface area contributed by atoms with E-state index in [9.17, 15) is 15.1 Å². The van der Waals surface area contributed by atoms with Gasteiger partial charge in [-0.15, -0.1) is 0 Å². The first-order valence-corrected chi connectivity index (χ1v) is 12.6. The molecule has 2 heterocycles. The van der Waals surface area contributed by atoms with Crippen LogP contribution in [0.4, 0.5) is 0 Å². The molecule has 0 aromatic heterocycles. The van der Waals surface area contributed by atoms with Gasteiger partial charge in [0.1, 0.15) is 0 Å². The first-order chi connectivity index (χ1) is 14.5. The maximum atomic E-state index is 11.0. The minimum absolute atomic E-state index is 0.00207. The second-order valence-corrected chi connectivity index (χ2v) is 10.8. The van der Waals surface area contributed by atoms with E-state index < -0.39 is 50.9 Å². The van der Waals surface area contributed by atoms with E-state index in [2.05, 4.69) is 0 Å². The van der Waals surface area contributed by atoms with Crippen LogP contribution in [0.1, 0.15) is 41.5 Å². The third-order valence-electron chi connectivity index (χ3n) is 5.47. The van der Waals surface area contributed by atoms with Crippen molar-refractivity contribution in [3.05, 3.63) is 0 Å². The Morgan fingerprint density at radius 1 is 0.968 bits per heavy atom. The first-order valence-electron chi connectivity index (χ1n) is 11.0. The second-order valence-electron chi connectivity index (χ2n) is 8.81. The first kappa shape index (κ1) is 27.3. The standard InChI is InChI=1S/C20H41O10P/c1-11(2)25-8-15-9-26-13(5)17(21)19(15)30-31(23,24-7)27-10-16-20(28-12(3)4)18(22)14(6)29-16/h11-23,31H,8-10H2,1-7H3/t13?,14-,15-,16+,17+,18?,19?,20?/m0/s1. The van der Waals surface area contributed by atoms with E-state index in [0.29, 0.717) is 13.2 Å². The summed E-state index contributed by atoms with van der Waals surface area (Å²) in [7, 11) is -2.86. The Hall–Kier alpha value is 0.0300. The molecule has 3 N–H and O–H groups in total. The van der Waals surface area contributed by atoms with Gasteiger partial charge >= 0.3 is 185 Å². The minimum atomic E-state index is -4.15. The van der Waals surface area contributed by atoms with Crippen LogP contribution in [0.3, 0.4) is 0 Å². The number of aliphatic hydroxyl groups is 2. The van der Waals surface area contributed by atoms with Crippen molar-refractivity contribution in [3.8, 4) is 0 Å². The predicted octanol–water partition coefficient (Wildman–Crippen LogP) is 1.20. The van der Waals surface area contributed by atoms with E-state index in [0.717, 1.165) is 0 Å². The summed E-state index contributed by atoms with van der Waals surface area (Å²) in [5, 5.41) is 21.0. The molecule has 0 aliphatic carbocycles. The van der Waals surface area contributed by atoms with Crippen LogP contribution in [0.25, 0.3) is 0 Å². The van der Waals surface area contributed by atoms with Gasteiger partial charge in [-0.2, -0.15) is 0 Å². The van der Waals surface area contributed by atoms with Crippen LogP contribution in [0.15, 0.2) is 0 Å². The van der Waals surface area contributed by atoms with Crippen molar-refractivity contribution >= 4 is 8.17 Å². The summed E-state index contributed by atoms with van der Waals surface area (Å²) in [5.74, 6) is -0.312. The fourth-order valence-corrected chi connectivity index (χ4v) is 5.01. The normalized spacial score (nSPS) is 37.7. The summed E-state index contributed by atoms with van der Waals surface area (Å²) in [4.78, 5) is 11.0. The van der Waals surface area contributed by atoms with Gasteiger partial charge in [-0.3, -0.25) is 0 Å². The topological polar surface area (TPSA) is 125 Å². The molecule has 11 heteroatoms. The Morgan fingerprint density at radius 3 is 2.19 bits per heavy atom. The van der Waals surface area contributed by atoms with Gasteiger partial charge in [0.05, 0.1) is 0 Å². The fraction of sp³-hybridized carbons (Fsp3) is 1.00. The third kappa shape index (κ3) is 7.52. The van der Waals surface area contributed by atoms with Crippen LogP contribution in [-0.4, -0.2) is 97.0 Å². The van der Waals surface area contributed by atoms with Crippen molar-refractivity contribution in [3.63, 3.8) is 0 Å². The predicted molar refractivity (Wildman–Crippen MR) is 115 cm³/mol. The van der Waals surface area contributed by atoms with Crippen LogP contribution in [-0.2, 0) is 32.5 Å². The molecule has 0 amide bonds. The fourth-order valence-electron chi connectivity index (χ4n) is 3.68. The molecule has 2 saturated heterocycles. The molecule has 2 aliphatic heterocycles. The Labute approximate surface area is 185 Å². The number of aliphatic hydroxyl groups excluding tert-OH is 2. The summed E-state index contributed by atoms with van der Waals surface area (Å²) >= 11 is 0. The summed E-state index contributed by atoms with van der Waals surface area (Å²) < 4.78 is 39.6. The van der Waals surface area contributed by atoms with Gasteiger partial charge in [0.15, 0.2) is 0 Å². The molecular weight excluding hydrogens is 431 g/mol. The molecule has 0 saturated carbocycles. The Morgan fingerprint density at radius 2 is 1.61 bits per heavy atom. The van der Waals surface area contributed by atoms with Crippen molar-refractivity contribution in [2.45, 2.75) is 96.5 Å². The van der Waals surface area contributed by atoms with Crippen molar-refractivity contribution < 1.29 is 47.6 Å². The molecule has 186 valence electrons.